The van der Waals surface area contributed by atoms with E-state index in [0.717, 1.165) is 19.4 Å². The molecule has 27 heavy (non-hydrogen) atoms. The van der Waals surface area contributed by atoms with Gasteiger partial charge < -0.3 is 14.4 Å². The van der Waals surface area contributed by atoms with Gasteiger partial charge >= 0.3 is 0 Å². The molecule has 2 rings (SSSR count). The van der Waals surface area contributed by atoms with Crippen LogP contribution in [0.3, 0.4) is 0 Å². The van der Waals surface area contributed by atoms with Crippen LogP contribution in [0.1, 0.15) is 32.6 Å². The third-order valence-corrected chi connectivity index (χ3v) is 6.91. The number of amides is 1. The van der Waals surface area contributed by atoms with E-state index in [1.54, 1.807) is 11.0 Å². The summed E-state index contributed by atoms with van der Waals surface area (Å²) in [7, 11) is 1.17. The van der Waals surface area contributed by atoms with Crippen molar-refractivity contribution in [3.63, 3.8) is 0 Å². The minimum absolute atomic E-state index is 0.108. The predicted octanol–water partition coefficient (Wildman–Crippen LogP) is 2.36. The SMILES string of the molecule is CCCCN(C)C(=O)C1CCN(S(=O)(=O)c2ccc(OC)c(OC)c2)CC1. The molecule has 0 aromatic heterocycles. The molecule has 0 saturated carbocycles. The highest BCUT2D eigenvalue weighted by molar-refractivity contribution is 7.89. The summed E-state index contributed by atoms with van der Waals surface area (Å²) in [5.74, 6) is 0.868. The topological polar surface area (TPSA) is 76.2 Å². The molecule has 1 heterocycles. The second-order valence-electron chi connectivity index (χ2n) is 6.81. The molecule has 8 heteroatoms. The van der Waals surface area contributed by atoms with Crippen molar-refractivity contribution in [1.29, 1.82) is 0 Å². The Labute approximate surface area is 162 Å². The Kier molecular flexibility index (Phi) is 7.49. The molecule has 0 atom stereocenters. The van der Waals surface area contributed by atoms with Gasteiger partial charge in [0.1, 0.15) is 0 Å². The van der Waals surface area contributed by atoms with Gasteiger partial charge in [-0.3, -0.25) is 4.79 Å². The second kappa shape index (κ2) is 9.41. The lowest BCUT2D eigenvalue weighted by Gasteiger charge is -2.32. The van der Waals surface area contributed by atoms with Gasteiger partial charge in [0, 0.05) is 38.7 Å². The number of sulfonamides is 1. The Morgan fingerprint density at radius 3 is 2.37 bits per heavy atom. The van der Waals surface area contributed by atoms with E-state index in [1.807, 2.05) is 7.05 Å². The molecule has 1 fully saturated rings. The molecule has 1 aromatic carbocycles. The van der Waals surface area contributed by atoms with Crippen molar-refractivity contribution in [1.82, 2.24) is 9.21 Å². The first kappa shape index (κ1) is 21.5. The highest BCUT2D eigenvalue weighted by Crippen LogP contribution is 2.32. The Balaban J connectivity index is 2.05. The molecule has 1 aliphatic rings. The van der Waals surface area contributed by atoms with Crippen molar-refractivity contribution in [2.75, 3.05) is 40.9 Å². The van der Waals surface area contributed by atoms with E-state index in [-0.39, 0.29) is 16.7 Å². The van der Waals surface area contributed by atoms with Gasteiger partial charge in [0.25, 0.3) is 0 Å². The predicted molar refractivity (Wildman–Crippen MR) is 104 cm³/mol. The monoisotopic (exact) mass is 398 g/mol. The van der Waals surface area contributed by atoms with E-state index >= 15 is 0 Å². The van der Waals surface area contributed by atoms with E-state index in [9.17, 15) is 13.2 Å². The van der Waals surface area contributed by atoms with Crippen LogP contribution in [0, 0.1) is 5.92 Å². The van der Waals surface area contributed by atoms with Crippen LogP contribution < -0.4 is 9.47 Å². The first-order chi connectivity index (χ1) is 12.8. The normalized spacial score (nSPS) is 16.1. The minimum Gasteiger partial charge on any atom is -0.493 e. The number of hydrogen-bond donors (Lipinski definition) is 0. The average molecular weight is 399 g/mol. The fourth-order valence-electron chi connectivity index (χ4n) is 3.29. The number of piperidine rings is 1. The molecule has 1 saturated heterocycles. The van der Waals surface area contributed by atoms with Crippen LogP contribution in [0.25, 0.3) is 0 Å². The number of rotatable bonds is 8. The van der Waals surface area contributed by atoms with Crippen LogP contribution in [-0.2, 0) is 14.8 Å². The number of benzene rings is 1. The highest BCUT2D eigenvalue weighted by atomic mass is 32.2. The van der Waals surface area contributed by atoms with Crippen molar-refractivity contribution in [2.45, 2.75) is 37.5 Å². The Morgan fingerprint density at radius 2 is 1.81 bits per heavy atom. The molecule has 0 radical (unpaired) electrons. The number of nitrogens with zero attached hydrogens (tertiary/aromatic N) is 2. The quantitative estimate of drug-likeness (QED) is 0.672. The summed E-state index contributed by atoms with van der Waals surface area (Å²) in [6.07, 6.45) is 3.11. The molecule has 0 spiro atoms. The largest absolute Gasteiger partial charge is 0.493 e. The van der Waals surface area contributed by atoms with Crippen molar-refractivity contribution in [3.8, 4) is 11.5 Å². The van der Waals surface area contributed by atoms with Crippen molar-refractivity contribution in [2.24, 2.45) is 5.92 Å². The highest BCUT2D eigenvalue weighted by Gasteiger charge is 2.33. The molecule has 0 aliphatic carbocycles. The second-order valence-corrected chi connectivity index (χ2v) is 8.75. The number of hydrogen-bond acceptors (Lipinski definition) is 5. The van der Waals surface area contributed by atoms with Gasteiger partial charge in [0.05, 0.1) is 19.1 Å². The molecule has 0 bridgehead atoms. The first-order valence-electron chi connectivity index (χ1n) is 9.32. The molecule has 1 amide bonds. The zero-order valence-corrected chi connectivity index (χ0v) is 17.4. The summed E-state index contributed by atoms with van der Waals surface area (Å²) in [5, 5.41) is 0. The average Bonchev–Trinajstić information content (AvgIpc) is 2.70. The maximum atomic E-state index is 12.9. The van der Waals surface area contributed by atoms with Gasteiger partial charge in [-0.05, 0) is 31.4 Å². The Bertz CT molecular complexity index is 742. The summed E-state index contributed by atoms with van der Waals surface area (Å²) >= 11 is 0. The maximum Gasteiger partial charge on any atom is 0.243 e. The molecule has 1 aromatic rings. The van der Waals surface area contributed by atoms with E-state index in [1.165, 1.54) is 30.7 Å². The van der Waals surface area contributed by atoms with Crippen LogP contribution >= 0.6 is 0 Å². The van der Waals surface area contributed by atoms with Crippen LogP contribution in [0.2, 0.25) is 0 Å². The maximum absolute atomic E-state index is 12.9. The molecular weight excluding hydrogens is 368 g/mol. The van der Waals surface area contributed by atoms with Crippen LogP contribution in [0.4, 0.5) is 0 Å². The number of carbonyl (C=O) groups excluding carboxylic acids is 1. The van der Waals surface area contributed by atoms with Gasteiger partial charge in [-0.2, -0.15) is 4.31 Å². The van der Waals surface area contributed by atoms with Crippen molar-refractivity contribution < 1.29 is 22.7 Å². The zero-order valence-electron chi connectivity index (χ0n) is 16.6. The summed E-state index contributed by atoms with van der Waals surface area (Å²) < 4.78 is 37.7. The van der Waals surface area contributed by atoms with Gasteiger partial charge in [-0.25, -0.2) is 8.42 Å². The third kappa shape index (κ3) is 4.93. The van der Waals surface area contributed by atoms with Crippen LogP contribution in [0.5, 0.6) is 11.5 Å². The minimum atomic E-state index is -3.63. The number of unbranched alkanes of at least 4 members (excludes halogenated alkanes) is 1. The molecule has 1 aliphatic heterocycles. The molecule has 152 valence electrons. The fourth-order valence-corrected chi connectivity index (χ4v) is 4.77. The lowest BCUT2D eigenvalue weighted by molar-refractivity contribution is -0.135. The number of carbonyl (C=O) groups is 1. The van der Waals surface area contributed by atoms with E-state index < -0.39 is 10.0 Å². The van der Waals surface area contributed by atoms with E-state index in [4.69, 9.17) is 9.47 Å². The Hall–Kier alpha value is -1.80. The van der Waals surface area contributed by atoms with Crippen molar-refractivity contribution in [3.05, 3.63) is 18.2 Å². The van der Waals surface area contributed by atoms with Gasteiger partial charge in [0.2, 0.25) is 15.9 Å². The fraction of sp³-hybridized carbons (Fsp3) is 0.632. The number of ether oxygens (including phenoxy) is 2. The Morgan fingerprint density at radius 1 is 1.19 bits per heavy atom. The molecule has 0 N–H and O–H groups in total. The van der Waals surface area contributed by atoms with Crippen molar-refractivity contribution >= 4 is 15.9 Å². The molecular formula is C19H30N2O5S. The summed E-state index contributed by atoms with van der Waals surface area (Å²) in [4.78, 5) is 14.5. The summed E-state index contributed by atoms with van der Waals surface area (Å²) in [6.45, 7) is 3.53. The van der Waals surface area contributed by atoms with E-state index in [0.29, 0.717) is 37.4 Å². The lowest BCUT2D eigenvalue weighted by atomic mass is 9.96. The zero-order chi connectivity index (χ0) is 20.0. The van der Waals surface area contributed by atoms with Gasteiger partial charge in [-0.15, -0.1) is 0 Å². The standard InChI is InChI=1S/C19H30N2O5S/c1-5-6-11-20(2)19(22)15-9-12-21(13-10-15)27(23,24)16-7-8-17(25-3)18(14-16)26-4/h7-8,14-15H,5-6,9-13H2,1-4H3. The van der Waals surface area contributed by atoms with Crippen LogP contribution in [-0.4, -0.2) is 64.4 Å². The van der Waals surface area contributed by atoms with E-state index in [2.05, 4.69) is 6.92 Å². The van der Waals surface area contributed by atoms with Crippen LogP contribution in [0.15, 0.2) is 23.1 Å². The smallest absolute Gasteiger partial charge is 0.243 e. The summed E-state index contributed by atoms with van der Waals surface area (Å²) in [5.41, 5.74) is 0. The number of methoxy groups -OCH3 is 2. The molecule has 0 unspecified atom stereocenters. The van der Waals surface area contributed by atoms with Gasteiger partial charge in [-0.1, -0.05) is 13.3 Å². The summed E-state index contributed by atoms with van der Waals surface area (Å²) in [6, 6.07) is 4.58. The van der Waals surface area contributed by atoms with Gasteiger partial charge in [0.15, 0.2) is 11.5 Å². The molecule has 7 nitrogen and oxygen atoms in total. The first-order valence-corrected chi connectivity index (χ1v) is 10.8. The third-order valence-electron chi connectivity index (χ3n) is 5.02. The lowest BCUT2D eigenvalue weighted by Crippen LogP contribution is -2.43.